The van der Waals surface area contributed by atoms with Crippen molar-refractivity contribution in [2.24, 2.45) is 0 Å². The van der Waals surface area contributed by atoms with E-state index in [2.05, 4.69) is 40.0 Å². The highest BCUT2D eigenvalue weighted by atomic mass is 16.1. The molecule has 2 aromatic carbocycles. The summed E-state index contributed by atoms with van der Waals surface area (Å²) in [4.78, 5) is 11.0. The number of amides is 1. The topological polar surface area (TPSA) is 59.0 Å². The molecular weight excluding hydrogens is 312 g/mol. The third-order valence-electron chi connectivity index (χ3n) is 3.90. The molecule has 3 aromatic rings. The number of nitrogens with one attached hydrogen (secondary N) is 2. The molecule has 128 valence electrons. The van der Waals surface area contributed by atoms with Crippen molar-refractivity contribution in [3.05, 3.63) is 78.1 Å². The second-order valence-corrected chi connectivity index (χ2v) is 5.92. The molecule has 0 aliphatic carbocycles. The molecule has 2 N–H and O–H groups in total. The maximum atomic E-state index is 11.0. The number of hydrogen-bond donors (Lipinski definition) is 2. The Morgan fingerprint density at radius 2 is 1.76 bits per heavy atom. The quantitative estimate of drug-likeness (QED) is 0.653. The van der Waals surface area contributed by atoms with Gasteiger partial charge in [0.05, 0.1) is 5.69 Å². The highest BCUT2D eigenvalue weighted by Crippen LogP contribution is 2.10. The van der Waals surface area contributed by atoms with Crippen LogP contribution in [0.3, 0.4) is 0 Å². The van der Waals surface area contributed by atoms with Crippen LogP contribution in [-0.4, -0.2) is 22.2 Å². The standard InChI is InChI=1S/C20H22N4O/c1-16(25)23-19-7-3-18(4-8-19)15-21-13-11-17-5-9-20(10-6-17)24-14-2-12-22-24/h2-10,12,14,21H,11,13,15H2,1H3,(H,23,25). The number of hydrogen-bond acceptors (Lipinski definition) is 3. The Morgan fingerprint density at radius 1 is 1.04 bits per heavy atom. The molecule has 5 nitrogen and oxygen atoms in total. The monoisotopic (exact) mass is 334 g/mol. The molecule has 0 aliphatic heterocycles. The lowest BCUT2D eigenvalue weighted by atomic mass is 10.1. The molecular formula is C20H22N4O. The van der Waals surface area contributed by atoms with Crippen LogP contribution < -0.4 is 10.6 Å². The molecule has 1 amide bonds. The van der Waals surface area contributed by atoms with Crippen LogP contribution in [0.4, 0.5) is 5.69 Å². The van der Waals surface area contributed by atoms with Gasteiger partial charge in [-0.05, 0) is 54.4 Å². The molecule has 0 unspecified atom stereocenters. The molecule has 1 heterocycles. The summed E-state index contributed by atoms with van der Waals surface area (Å²) in [5.74, 6) is -0.0514. The predicted molar refractivity (Wildman–Crippen MR) is 99.7 cm³/mol. The van der Waals surface area contributed by atoms with Crippen LogP contribution in [0.5, 0.6) is 0 Å². The average molecular weight is 334 g/mol. The van der Waals surface area contributed by atoms with Gasteiger partial charge in [0.1, 0.15) is 0 Å². The van der Waals surface area contributed by atoms with Crippen molar-refractivity contribution >= 4 is 11.6 Å². The van der Waals surface area contributed by atoms with E-state index in [0.29, 0.717) is 0 Å². The molecule has 0 saturated heterocycles. The van der Waals surface area contributed by atoms with E-state index in [9.17, 15) is 4.79 Å². The summed E-state index contributed by atoms with van der Waals surface area (Å²) in [6.07, 6.45) is 4.69. The SMILES string of the molecule is CC(=O)Nc1ccc(CNCCc2ccc(-n3cccn3)cc2)cc1. The molecule has 5 heteroatoms. The predicted octanol–water partition coefficient (Wildman–Crippen LogP) is 3.16. The second kappa shape index (κ2) is 8.26. The fraction of sp³-hybridized carbons (Fsp3) is 0.200. The van der Waals surface area contributed by atoms with Crippen LogP contribution in [0.1, 0.15) is 18.1 Å². The van der Waals surface area contributed by atoms with E-state index in [0.717, 1.165) is 30.9 Å². The van der Waals surface area contributed by atoms with Gasteiger partial charge in [0.2, 0.25) is 5.91 Å². The molecule has 0 saturated carbocycles. The molecule has 0 spiro atoms. The summed E-state index contributed by atoms with van der Waals surface area (Å²) in [5.41, 5.74) is 4.39. The van der Waals surface area contributed by atoms with Crippen LogP contribution in [0.2, 0.25) is 0 Å². The Kier molecular flexibility index (Phi) is 5.59. The lowest BCUT2D eigenvalue weighted by Crippen LogP contribution is -2.16. The zero-order valence-electron chi connectivity index (χ0n) is 14.3. The summed E-state index contributed by atoms with van der Waals surface area (Å²) < 4.78 is 1.85. The van der Waals surface area contributed by atoms with Crippen LogP contribution in [0, 0.1) is 0 Å². The van der Waals surface area contributed by atoms with Crippen molar-refractivity contribution < 1.29 is 4.79 Å². The van der Waals surface area contributed by atoms with E-state index in [1.807, 2.05) is 41.2 Å². The molecule has 0 fully saturated rings. The van der Waals surface area contributed by atoms with Crippen molar-refractivity contribution in [1.29, 1.82) is 0 Å². The molecule has 25 heavy (non-hydrogen) atoms. The van der Waals surface area contributed by atoms with Gasteiger partial charge in [0, 0.05) is 31.5 Å². The van der Waals surface area contributed by atoms with Crippen molar-refractivity contribution in [2.45, 2.75) is 19.9 Å². The van der Waals surface area contributed by atoms with Gasteiger partial charge in [-0.25, -0.2) is 4.68 Å². The van der Waals surface area contributed by atoms with Gasteiger partial charge in [-0.2, -0.15) is 5.10 Å². The minimum Gasteiger partial charge on any atom is -0.326 e. The smallest absolute Gasteiger partial charge is 0.221 e. The first kappa shape index (κ1) is 16.9. The lowest BCUT2D eigenvalue weighted by molar-refractivity contribution is -0.114. The number of benzene rings is 2. The van der Waals surface area contributed by atoms with Gasteiger partial charge in [-0.15, -0.1) is 0 Å². The number of aromatic nitrogens is 2. The fourth-order valence-electron chi connectivity index (χ4n) is 2.61. The Labute approximate surface area is 147 Å². The van der Waals surface area contributed by atoms with Gasteiger partial charge < -0.3 is 10.6 Å². The molecule has 0 aliphatic rings. The van der Waals surface area contributed by atoms with Crippen molar-refractivity contribution in [2.75, 3.05) is 11.9 Å². The molecule has 1 aromatic heterocycles. The Balaban J connectivity index is 1.43. The number of carbonyl (C=O) groups is 1. The number of rotatable bonds is 7. The van der Waals surface area contributed by atoms with E-state index in [-0.39, 0.29) is 5.91 Å². The second-order valence-electron chi connectivity index (χ2n) is 5.92. The first-order chi connectivity index (χ1) is 12.2. The molecule has 0 bridgehead atoms. The van der Waals surface area contributed by atoms with E-state index < -0.39 is 0 Å². The zero-order valence-corrected chi connectivity index (χ0v) is 14.3. The third-order valence-corrected chi connectivity index (χ3v) is 3.90. The Bertz CT molecular complexity index is 793. The number of anilines is 1. The molecule has 0 radical (unpaired) electrons. The van der Waals surface area contributed by atoms with Gasteiger partial charge in [0.15, 0.2) is 0 Å². The maximum absolute atomic E-state index is 11.0. The van der Waals surface area contributed by atoms with E-state index >= 15 is 0 Å². The molecule has 3 rings (SSSR count). The summed E-state index contributed by atoms with van der Waals surface area (Å²) in [7, 11) is 0. The Morgan fingerprint density at radius 3 is 2.40 bits per heavy atom. The third kappa shape index (κ3) is 5.02. The zero-order chi connectivity index (χ0) is 17.5. The van der Waals surface area contributed by atoms with Gasteiger partial charge in [-0.3, -0.25) is 4.79 Å². The van der Waals surface area contributed by atoms with Gasteiger partial charge in [-0.1, -0.05) is 24.3 Å². The highest BCUT2D eigenvalue weighted by molar-refractivity contribution is 5.88. The van der Waals surface area contributed by atoms with E-state index in [1.165, 1.54) is 18.1 Å². The summed E-state index contributed by atoms with van der Waals surface area (Å²) in [6.45, 7) is 3.23. The maximum Gasteiger partial charge on any atom is 0.221 e. The summed E-state index contributed by atoms with van der Waals surface area (Å²) in [5, 5.41) is 10.4. The van der Waals surface area contributed by atoms with Crippen LogP contribution in [0.25, 0.3) is 5.69 Å². The normalized spacial score (nSPS) is 10.6. The molecule has 0 atom stereocenters. The van der Waals surface area contributed by atoms with Crippen LogP contribution in [-0.2, 0) is 17.8 Å². The number of carbonyl (C=O) groups excluding carboxylic acids is 1. The Hall–Kier alpha value is -2.92. The minimum absolute atomic E-state index is 0.0514. The largest absolute Gasteiger partial charge is 0.326 e. The average Bonchev–Trinajstić information content (AvgIpc) is 3.15. The van der Waals surface area contributed by atoms with Crippen molar-refractivity contribution in [3.63, 3.8) is 0 Å². The van der Waals surface area contributed by atoms with Crippen LogP contribution in [0.15, 0.2) is 67.0 Å². The van der Waals surface area contributed by atoms with E-state index in [1.54, 1.807) is 6.20 Å². The minimum atomic E-state index is -0.0514. The van der Waals surface area contributed by atoms with Crippen molar-refractivity contribution in [3.8, 4) is 5.69 Å². The number of nitrogens with zero attached hydrogens (tertiary/aromatic N) is 2. The lowest BCUT2D eigenvalue weighted by Gasteiger charge is -2.08. The van der Waals surface area contributed by atoms with Crippen molar-refractivity contribution in [1.82, 2.24) is 15.1 Å². The first-order valence-corrected chi connectivity index (χ1v) is 8.37. The van der Waals surface area contributed by atoms with E-state index in [4.69, 9.17) is 0 Å². The highest BCUT2D eigenvalue weighted by Gasteiger charge is 1.99. The first-order valence-electron chi connectivity index (χ1n) is 8.37. The summed E-state index contributed by atoms with van der Waals surface area (Å²) in [6, 6.07) is 18.3. The van der Waals surface area contributed by atoms with Gasteiger partial charge >= 0.3 is 0 Å². The fourth-order valence-corrected chi connectivity index (χ4v) is 2.61. The van der Waals surface area contributed by atoms with Crippen LogP contribution >= 0.6 is 0 Å². The summed E-state index contributed by atoms with van der Waals surface area (Å²) >= 11 is 0. The van der Waals surface area contributed by atoms with Gasteiger partial charge in [0.25, 0.3) is 0 Å².